The van der Waals surface area contributed by atoms with E-state index in [9.17, 15) is 9.59 Å². The Labute approximate surface area is 104 Å². The Balaban J connectivity index is 2.53. The maximum Gasteiger partial charge on any atom is 0.307 e. The predicted molar refractivity (Wildman–Crippen MR) is 62.9 cm³/mol. The molecule has 0 aliphatic rings. The van der Waals surface area contributed by atoms with E-state index in [2.05, 4.69) is 0 Å². The Hall–Kier alpha value is -1.55. The third-order valence-corrected chi connectivity index (χ3v) is 2.41. The number of carbonyl (C=O) groups is 2. The van der Waals surface area contributed by atoms with Gasteiger partial charge in [0.2, 0.25) is 0 Å². The van der Waals surface area contributed by atoms with Gasteiger partial charge in [-0.05, 0) is 5.56 Å². The molecule has 1 atom stereocenters. The van der Waals surface area contributed by atoms with E-state index in [1.54, 1.807) is 12.1 Å². The number of hydrogen-bond donors (Lipinski definition) is 1. The topological polar surface area (TPSA) is 63.6 Å². The number of aliphatic carboxylic acids is 1. The summed E-state index contributed by atoms with van der Waals surface area (Å²) in [5.41, 5.74) is 0.797. The third kappa shape index (κ3) is 4.87. The highest BCUT2D eigenvalue weighted by Crippen LogP contribution is 2.19. The van der Waals surface area contributed by atoms with Crippen LogP contribution in [0.15, 0.2) is 30.3 Å². The quantitative estimate of drug-likeness (QED) is 0.627. The van der Waals surface area contributed by atoms with Crippen LogP contribution in [0.5, 0.6) is 0 Å². The van der Waals surface area contributed by atoms with Crippen molar-refractivity contribution in [3.63, 3.8) is 0 Å². The van der Waals surface area contributed by atoms with Crippen molar-refractivity contribution < 1.29 is 19.4 Å². The molecule has 0 bridgehead atoms. The van der Waals surface area contributed by atoms with Crippen LogP contribution in [0.1, 0.15) is 24.5 Å². The van der Waals surface area contributed by atoms with E-state index in [0.717, 1.165) is 5.56 Å². The first-order valence-corrected chi connectivity index (χ1v) is 5.69. The molecule has 5 heteroatoms. The minimum Gasteiger partial charge on any atom is -0.481 e. The number of carboxylic acids is 1. The Bertz CT molecular complexity index is 377. The zero-order valence-corrected chi connectivity index (χ0v) is 9.89. The highest BCUT2D eigenvalue weighted by Gasteiger charge is 2.16. The van der Waals surface area contributed by atoms with Crippen LogP contribution < -0.4 is 0 Å². The molecule has 0 aliphatic carbocycles. The van der Waals surface area contributed by atoms with Crippen molar-refractivity contribution in [2.45, 2.75) is 18.9 Å². The van der Waals surface area contributed by atoms with Crippen molar-refractivity contribution >= 4 is 23.5 Å². The summed E-state index contributed by atoms with van der Waals surface area (Å²) in [5.74, 6) is -1.44. The average molecular weight is 257 g/mol. The number of ether oxygens (including phenoxy) is 1. The van der Waals surface area contributed by atoms with Crippen LogP contribution in [0.4, 0.5) is 0 Å². The monoisotopic (exact) mass is 256 g/mol. The fraction of sp³-hybridized carbons (Fsp3) is 0.333. The van der Waals surface area contributed by atoms with E-state index >= 15 is 0 Å². The molecule has 1 rings (SSSR count). The van der Waals surface area contributed by atoms with Crippen molar-refractivity contribution in [3.8, 4) is 0 Å². The molecular formula is C12H13ClO4. The van der Waals surface area contributed by atoms with Crippen LogP contribution in [0.3, 0.4) is 0 Å². The highest BCUT2D eigenvalue weighted by atomic mass is 35.5. The van der Waals surface area contributed by atoms with Gasteiger partial charge in [0, 0.05) is 0 Å². The van der Waals surface area contributed by atoms with Crippen molar-refractivity contribution in [2.24, 2.45) is 0 Å². The highest BCUT2D eigenvalue weighted by molar-refractivity contribution is 6.18. The van der Waals surface area contributed by atoms with Gasteiger partial charge in [-0.1, -0.05) is 30.3 Å². The number of esters is 1. The molecule has 0 aromatic heterocycles. The Kier molecular flexibility index (Phi) is 5.49. The summed E-state index contributed by atoms with van der Waals surface area (Å²) in [4.78, 5) is 21.6. The van der Waals surface area contributed by atoms with Crippen LogP contribution in [0.25, 0.3) is 0 Å². The minimum atomic E-state index is -1.02. The van der Waals surface area contributed by atoms with E-state index in [1.165, 1.54) is 0 Å². The summed E-state index contributed by atoms with van der Waals surface area (Å²) in [6.45, 7) is 0. The SMILES string of the molecule is O=C(O)CCC(=O)OC(CCl)c1ccccc1. The summed E-state index contributed by atoms with van der Waals surface area (Å²) >= 11 is 5.72. The first-order valence-electron chi connectivity index (χ1n) is 5.15. The number of carbonyl (C=O) groups excluding carboxylic acids is 1. The molecule has 1 N–H and O–H groups in total. The van der Waals surface area contributed by atoms with Gasteiger partial charge in [0.25, 0.3) is 0 Å². The lowest BCUT2D eigenvalue weighted by atomic mass is 10.1. The van der Waals surface area contributed by atoms with Crippen LogP contribution in [-0.4, -0.2) is 22.9 Å². The predicted octanol–water partition coefficient (Wildman–Crippen LogP) is 2.37. The van der Waals surface area contributed by atoms with Crippen molar-refractivity contribution in [3.05, 3.63) is 35.9 Å². The summed E-state index contributed by atoms with van der Waals surface area (Å²) in [7, 11) is 0. The molecule has 0 saturated carbocycles. The van der Waals surface area contributed by atoms with Gasteiger partial charge in [0.05, 0.1) is 18.7 Å². The molecule has 1 aromatic rings. The minimum absolute atomic E-state index is 0.142. The molecule has 1 unspecified atom stereocenters. The van der Waals surface area contributed by atoms with Gasteiger partial charge in [0.1, 0.15) is 6.10 Å². The van der Waals surface area contributed by atoms with Crippen LogP contribution in [0.2, 0.25) is 0 Å². The zero-order valence-electron chi connectivity index (χ0n) is 9.14. The Morgan fingerprint density at radius 3 is 2.41 bits per heavy atom. The molecular weight excluding hydrogens is 244 g/mol. The number of rotatable bonds is 6. The summed E-state index contributed by atoms with van der Waals surface area (Å²) in [5, 5.41) is 8.44. The van der Waals surface area contributed by atoms with E-state index in [1.807, 2.05) is 18.2 Å². The molecule has 0 amide bonds. The number of halogens is 1. The van der Waals surface area contributed by atoms with Crippen LogP contribution in [0, 0.1) is 0 Å². The van der Waals surface area contributed by atoms with E-state index < -0.39 is 18.0 Å². The molecule has 17 heavy (non-hydrogen) atoms. The molecule has 0 heterocycles. The Morgan fingerprint density at radius 2 is 1.88 bits per heavy atom. The van der Waals surface area contributed by atoms with Gasteiger partial charge < -0.3 is 9.84 Å². The first-order chi connectivity index (χ1) is 8.13. The largest absolute Gasteiger partial charge is 0.481 e. The second-order valence-electron chi connectivity index (χ2n) is 3.44. The smallest absolute Gasteiger partial charge is 0.307 e. The van der Waals surface area contributed by atoms with Crippen LogP contribution in [-0.2, 0) is 14.3 Å². The first kappa shape index (κ1) is 13.5. The second kappa shape index (κ2) is 6.91. The second-order valence-corrected chi connectivity index (χ2v) is 3.75. The summed E-state index contributed by atoms with van der Waals surface area (Å²) < 4.78 is 5.10. The van der Waals surface area contributed by atoms with Gasteiger partial charge in [0.15, 0.2) is 0 Å². The maximum absolute atomic E-state index is 11.3. The van der Waals surface area contributed by atoms with Gasteiger partial charge in [-0.2, -0.15) is 0 Å². The lowest BCUT2D eigenvalue weighted by Gasteiger charge is -2.15. The Morgan fingerprint density at radius 1 is 1.24 bits per heavy atom. The van der Waals surface area contributed by atoms with Crippen LogP contribution >= 0.6 is 11.6 Å². The van der Waals surface area contributed by atoms with E-state index in [-0.39, 0.29) is 18.7 Å². The summed E-state index contributed by atoms with van der Waals surface area (Å²) in [6.07, 6.45) is -0.905. The van der Waals surface area contributed by atoms with Gasteiger partial charge in [-0.25, -0.2) is 0 Å². The molecule has 1 aromatic carbocycles. The molecule has 4 nitrogen and oxygen atoms in total. The molecule has 0 saturated heterocycles. The molecule has 0 radical (unpaired) electrons. The van der Waals surface area contributed by atoms with E-state index in [4.69, 9.17) is 21.4 Å². The van der Waals surface area contributed by atoms with Crippen molar-refractivity contribution in [1.29, 1.82) is 0 Å². The lowest BCUT2D eigenvalue weighted by Crippen LogP contribution is -2.13. The fourth-order valence-electron chi connectivity index (χ4n) is 1.28. The van der Waals surface area contributed by atoms with Crippen molar-refractivity contribution in [2.75, 3.05) is 5.88 Å². The number of hydrogen-bond acceptors (Lipinski definition) is 3. The molecule has 92 valence electrons. The van der Waals surface area contributed by atoms with Gasteiger partial charge in [-0.15, -0.1) is 11.6 Å². The van der Waals surface area contributed by atoms with E-state index in [0.29, 0.717) is 0 Å². The van der Waals surface area contributed by atoms with Gasteiger partial charge >= 0.3 is 11.9 Å². The molecule has 0 spiro atoms. The number of carboxylic acid groups (broad SMARTS) is 1. The number of benzene rings is 1. The number of alkyl halides is 1. The molecule has 0 aliphatic heterocycles. The summed E-state index contributed by atoms with van der Waals surface area (Å²) in [6, 6.07) is 9.09. The third-order valence-electron chi connectivity index (χ3n) is 2.13. The fourth-order valence-corrected chi connectivity index (χ4v) is 1.52. The average Bonchev–Trinajstić information content (AvgIpc) is 2.34. The zero-order chi connectivity index (χ0) is 12.7. The lowest BCUT2D eigenvalue weighted by molar-refractivity contribution is -0.151. The normalized spacial score (nSPS) is 11.8. The molecule has 0 fully saturated rings. The van der Waals surface area contributed by atoms with Gasteiger partial charge in [-0.3, -0.25) is 9.59 Å². The maximum atomic E-state index is 11.3. The van der Waals surface area contributed by atoms with Crippen molar-refractivity contribution in [1.82, 2.24) is 0 Å². The standard InChI is InChI=1S/C12H13ClO4/c13-8-10(9-4-2-1-3-5-9)17-12(16)7-6-11(14)15/h1-5,10H,6-8H2,(H,14,15).